The van der Waals surface area contributed by atoms with Gasteiger partial charge in [-0.15, -0.1) is 15.3 Å². The molecule has 300 valence electrons. The number of nitrogens with two attached hydrogens (primary N) is 3. The maximum absolute atomic E-state index is 5.99. The number of nitrogens with zero attached hydrogens (tertiary/aromatic N) is 17. The molecule has 0 atom stereocenters. The highest BCUT2D eigenvalue weighted by atomic mass is 16.3. The van der Waals surface area contributed by atoms with Crippen LogP contribution in [0.2, 0.25) is 0 Å². The average molecular weight is 808 g/mol. The van der Waals surface area contributed by atoms with Gasteiger partial charge in [0.15, 0.2) is 51.2 Å². The van der Waals surface area contributed by atoms with Crippen molar-refractivity contribution in [2.24, 2.45) is 0 Å². The number of hydrogen-bond donors (Lipinski definition) is 4. The topological polar surface area (TPSA) is 311 Å². The molecule has 24 heteroatoms. The predicted molar refractivity (Wildman–Crippen MR) is 216 cm³/mol. The third-order valence-electron chi connectivity index (χ3n) is 9.20. The van der Waals surface area contributed by atoms with E-state index in [1.807, 2.05) is 9.36 Å². The minimum absolute atomic E-state index is 0.243. The number of aromatic amines is 1. The Morgan fingerprint density at radius 1 is 0.517 bits per heavy atom. The minimum Gasteiger partial charge on any atom is -0.461 e. The summed E-state index contributed by atoms with van der Waals surface area (Å²) >= 11 is 0. The van der Waals surface area contributed by atoms with Crippen LogP contribution in [0.5, 0.6) is 0 Å². The van der Waals surface area contributed by atoms with Crippen molar-refractivity contribution < 1.29 is 13.3 Å². The molecule has 24 nitrogen and oxygen atoms in total. The molecule has 12 aromatic rings. The number of nitrogen functional groups attached to an aromatic ring is 3. The lowest BCUT2D eigenvalue weighted by Crippen LogP contribution is -2.05. The number of H-pyrrole nitrogens is 1. The molecular formula is C36H33N21O3. The highest BCUT2D eigenvalue weighted by molar-refractivity contribution is 5.92. The van der Waals surface area contributed by atoms with Gasteiger partial charge in [0.25, 0.3) is 0 Å². The van der Waals surface area contributed by atoms with Crippen LogP contribution in [-0.2, 0) is 13.1 Å². The largest absolute Gasteiger partial charge is 0.461 e. The Morgan fingerprint density at radius 3 is 1.33 bits per heavy atom. The van der Waals surface area contributed by atoms with Gasteiger partial charge in [0.05, 0.1) is 53.5 Å². The van der Waals surface area contributed by atoms with Gasteiger partial charge in [-0.1, -0.05) is 13.8 Å². The fourth-order valence-corrected chi connectivity index (χ4v) is 6.53. The van der Waals surface area contributed by atoms with Crippen LogP contribution in [0.4, 0.5) is 17.8 Å². The smallest absolute Gasteiger partial charge is 0.225 e. The van der Waals surface area contributed by atoms with Crippen molar-refractivity contribution in [2.75, 3.05) is 17.2 Å². The number of aryl methyl sites for hydroxylation is 2. The fraction of sp³-hybridized carbons (Fsp3) is 0.167. The maximum Gasteiger partial charge on any atom is 0.225 e. The molecule has 0 spiro atoms. The molecule has 0 aliphatic heterocycles. The zero-order valence-electron chi connectivity index (χ0n) is 31.8. The van der Waals surface area contributed by atoms with Gasteiger partial charge < -0.3 is 30.5 Å². The first-order chi connectivity index (χ1) is 29.4. The summed E-state index contributed by atoms with van der Waals surface area (Å²) < 4.78 is 24.1. The van der Waals surface area contributed by atoms with E-state index < -0.39 is 0 Å². The molecule has 12 aromatic heterocycles. The molecule has 7 N–H and O–H groups in total. The molecule has 0 aliphatic carbocycles. The summed E-state index contributed by atoms with van der Waals surface area (Å²) in [5, 5.41) is 30.7. The van der Waals surface area contributed by atoms with E-state index in [0.29, 0.717) is 57.3 Å². The standard InChI is InChI=1S/2C13H13N7O.C10H7N7O/c2*1-2-5-19-11-8(7-15-19)12-16-10(9-4-3-6-21-9)18-20(12)13(14)17-11;11-10-14-7-5(4-12-15-7)9-13-8(16-17(9)10)6-2-1-3-18-6/h2*3-4,6-7H,2,5H2,1H3,(H2,14,17);1-4H,(H3,11,12,14,15). The Labute approximate surface area is 334 Å². The van der Waals surface area contributed by atoms with E-state index in [0.717, 1.165) is 53.4 Å². The summed E-state index contributed by atoms with van der Waals surface area (Å²) in [5.41, 5.74) is 21.7. The molecule has 0 unspecified atom stereocenters. The zero-order chi connectivity index (χ0) is 40.9. The molecule has 0 aromatic carbocycles. The van der Waals surface area contributed by atoms with Crippen LogP contribution in [-0.4, -0.2) is 88.5 Å². The average Bonchev–Trinajstić information content (AvgIpc) is 4.07. The molecule has 0 amide bonds. The number of furan rings is 3. The molecule has 0 radical (unpaired) electrons. The van der Waals surface area contributed by atoms with Crippen LogP contribution in [0.3, 0.4) is 0 Å². The summed E-state index contributed by atoms with van der Waals surface area (Å²) in [6.45, 7) is 5.74. The van der Waals surface area contributed by atoms with Gasteiger partial charge in [-0.25, -0.2) is 24.3 Å². The van der Waals surface area contributed by atoms with Crippen molar-refractivity contribution in [3.63, 3.8) is 0 Å². The van der Waals surface area contributed by atoms with Gasteiger partial charge in [0.2, 0.25) is 35.3 Å². The van der Waals surface area contributed by atoms with Crippen molar-refractivity contribution in [3.05, 3.63) is 73.8 Å². The first-order valence-electron chi connectivity index (χ1n) is 18.6. The molecule has 0 saturated carbocycles. The monoisotopic (exact) mass is 807 g/mol. The maximum atomic E-state index is 5.99. The van der Waals surface area contributed by atoms with Crippen LogP contribution in [0.15, 0.2) is 87.0 Å². The van der Waals surface area contributed by atoms with Gasteiger partial charge in [-0.2, -0.15) is 43.8 Å². The highest BCUT2D eigenvalue weighted by Crippen LogP contribution is 2.26. The van der Waals surface area contributed by atoms with Crippen molar-refractivity contribution in [2.45, 2.75) is 39.8 Å². The Balaban J connectivity index is 0.000000109. The summed E-state index contributed by atoms with van der Waals surface area (Å²) in [6, 6.07) is 10.7. The number of hydrogen-bond acceptors (Lipinski definition) is 18. The molecule has 12 heterocycles. The van der Waals surface area contributed by atoms with E-state index in [4.69, 9.17) is 30.5 Å². The highest BCUT2D eigenvalue weighted by Gasteiger charge is 2.19. The SMILES string of the molecule is CCCn1ncc2c1nc(N)n1nc(-c3ccco3)nc21.CCCn1ncc2c1nc(N)n1nc(-c3ccco3)nc21.Nc1nc2[nH]ncc2c2nc(-c3ccco3)nn12. The van der Waals surface area contributed by atoms with Crippen LogP contribution in [0, 0.1) is 0 Å². The lowest BCUT2D eigenvalue weighted by Gasteiger charge is -2.01. The van der Waals surface area contributed by atoms with Crippen LogP contribution < -0.4 is 17.2 Å². The zero-order valence-corrected chi connectivity index (χ0v) is 31.8. The van der Waals surface area contributed by atoms with Crippen LogP contribution >= 0.6 is 0 Å². The summed E-state index contributed by atoms with van der Waals surface area (Å²) in [5.74, 6) is 3.97. The molecular weight excluding hydrogens is 775 g/mol. The van der Waals surface area contributed by atoms with E-state index in [1.165, 1.54) is 13.5 Å². The normalized spacial score (nSPS) is 11.6. The molecule has 12 rings (SSSR count). The third-order valence-corrected chi connectivity index (χ3v) is 9.20. The van der Waals surface area contributed by atoms with Gasteiger partial charge in [0, 0.05) is 13.1 Å². The second-order valence-corrected chi connectivity index (χ2v) is 13.2. The number of rotatable bonds is 7. The van der Waals surface area contributed by atoms with E-state index >= 15 is 0 Å². The second kappa shape index (κ2) is 14.4. The molecule has 0 bridgehead atoms. The van der Waals surface area contributed by atoms with Crippen LogP contribution in [0.1, 0.15) is 26.7 Å². The molecule has 0 aliphatic rings. The first-order valence-corrected chi connectivity index (χ1v) is 18.6. The Bertz CT molecular complexity index is 3250. The second-order valence-electron chi connectivity index (χ2n) is 13.2. The Kier molecular flexibility index (Phi) is 8.54. The van der Waals surface area contributed by atoms with Gasteiger partial charge >= 0.3 is 0 Å². The van der Waals surface area contributed by atoms with E-state index in [-0.39, 0.29) is 17.8 Å². The van der Waals surface area contributed by atoms with Crippen molar-refractivity contribution in [1.82, 2.24) is 88.5 Å². The number of anilines is 3. The predicted octanol–water partition coefficient (Wildman–Crippen LogP) is 4.30. The van der Waals surface area contributed by atoms with E-state index in [1.54, 1.807) is 73.8 Å². The van der Waals surface area contributed by atoms with Gasteiger partial charge in [0.1, 0.15) is 0 Å². The quantitative estimate of drug-likeness (QED) is 0.174. The molecule has 0 fully saturated rings. The summed E-state index contributed by atoms with van der Waals surface area (Å²) in [4.78, 5) is 26.3. The lowest BCUT2D eigenvalue weighted by atomic mass is 10.4. The molecule has 0 saturated heterocycles. The van der Waals surface area contributed by atoms with E-state index in [2.05, 4.69) is 79.4 Å². The number of aromatic nitrogens is 18. The lowest BCUT2D eigenvalue weighted by molar-refractivity contribution is 0.577. The fourth-order valence-electron chi connectivity index (χ4n) is 6.53. The third kappa shape index (κ3) is 6.01. The Morgan fingerprint density at radius 2 is 0.933 bits per heavy atom. The summed E-state index contributed by atoms with van der Waals surface area (Å²) in [6.07, 6.45) is 11.8. The summed E-state index contributed by atoms with van der Waals surface area (Å²) in [7, 11) is 0. The van der Waals surface area contributed by atoms with Crippen molar-refractivity contribution >= 4 is 67.9 Å². The van der Waals surface area contributed by atoms with E-state index in [9.17, 15) is 0 Å². The number of fused-ring (bicyclic) bond motifs is 9. The van der Waals surface area contributed by atoms with Gasteiger partial charge in [-0.3, -0.25) is 5.10 Å². The first kappa shape index (κ1) is 35.7. The van der Waals surface area contributed by atoms with Crippen molar-refractivity contribution in [3.8, 4) is 34.8 Å². The Hall–Kier alpha value is -8.70. The van der Waals surface area contributed by atoms with Gasteiger partial charge in [-0.05, 0) is 49.2 Å². The minimum atomic E-state index is 0.243. The number of nitrogens with one attached hydrogen (secondary N) is 1. The van der Waals surface area contributed by atoms with Crippen molar-refractivity contribution in [1.29, 1.82) is 0 Å². The molecule has 60 heavy (non-hydrogen) atoms. The van der Waals surface area contributed by atoms with Crippen LogP contribution in [0.25, 0.3) is 84.8 Å².